The van der Waals surface area contributed by atoms with Crippen molar-refractivity contribution in [1.29, 1.82) is 0 Å². The van der Waals surface area contributed by atoms with Crippen molar-refractivity contribution < 1.29 is 4.79 Å². The van der Waals surface area contributed by atoms with Gasteiger partial charge in [-0.05, 0) is 31.4 Å². The van der Waals surface area contributed by atoms with Crippen LogP contribution in [0, 0.1) is 6.92 Å². The Balaban J connectivity index is 1.58. The summed E-state index contributed by atoms with van der Waals surface area (Å²) in [6.07, 6.45) is 2.22. The maximum absolute atomic E-state index is 12.6. The summed E-state index contributed by atoms with van der Waals surface area (Å²) in [6, 6.07) is 8.56. The van der Waals surface area contributed by atoms with Crippen LogP contribution in [0.2, 0.25) is 0 Å². The summed E-state index contributed by atoms with van der Waals surface area (Å²) < 4.78 is 0. The first-order valence-electron chi connectivity index (χ1n) is 8.05. The topological polar surface area (TPSA) is 35.6 Å². The Morgan fingerprint density at radius 1 is 1.10 bits per heavy atom. The van der Waals surface area contributed by atoms with Gasteiger partial charge < -0.3 is 10.2 Å². The van der Waals surface area contributed by atoms with Crippen molar-refractivity contribution in [3.8, 4) is 0 Å². The van der Waals surface area contributed by atoms with Crippen molar-refractivity contribution in [2.45, 2.75) is 25.8 Å². The molecular formula is C17H25N3O. The summed E-state index contributed by atoms with van der Waals surface area (Å²) in [5, 5.41) is 3.40. The molecule has 4 heteroatoms. The van der Waals surface area contributed by atoms with Gasteiger partial charge in [0.05, 0.1) is 0 Å². The molecule has 0 saturated carbocycles. The largest absolute Gasteiger partial charge is 0.339 e. The molecule has 2 fully saturated rings. The van der Waals surface area contributed by atoms with Gasteiger partial charge in [0.2, 0.25) is 0 Å². The van der Waals surface area contributed by atoms with E-state index >= 15 is 0 Å². The van der Waals surface area contributed by atoms with Gasteiger partial charge >= 0.3 is 0 Å². The van der Waals surface area contributed by atoms with E-state index in [4.69, 9.17) is 0 Å². The number of aryl methyl sites for hydroxylation is 1. The highest BCUT2D eigenvalue weighted by Crippen LogP contribution is 2.20. The van der Waals surface area contributed by atoms with Crippen molar-refractivity contribution in [2.75, 3.05) is 39.3 Å². The lowest BCUT2D eigenvalue weighted by atomic mass is 10.0. The average Bonchev–Trinajstić information content (AvgIpc) is 2.56. The number of benzene rings is 1. The molecule has 1 aromatic rings. The third kappa shape index (κ3) is 3.27. The summed E-state index contributed by atoms with van der Waals surface area (Å²) in [4.78, 5) is 17.2. The van der Waals surface area contributed by atoms with Crippen LogP contribution in [0.5, 0.6) is 0 Å². The molecule has 0 radical (unpaired) electrons. The quantitative estimate of drug-likeness (QED) is 0.895. The molecule has 114 valence electrons. The Labute approximate surface area is 127 Å². The average molecular weight is 287 g/mol. The second kappa shape index (κ2) is 6.58. The number of hydrogen-bond donors (Lipinski definition) is 1. The van der Waals surface area contributed by atoms with E-state index in [1.54, 1.807) is 0 Å². The zero-order valence-electron chi connectivity index (χ0n) is 12.8. The molecule has 1 N–H and O–H groups in total. The molecule has 2 aliphatic heterocycles. The second-order valence-electron chi connectivity index (χ2n) is 6.12. The Morgan fingerprint density at radius 3 is 2.43 bits per heavy atom. The molecule has 2 saturated heterocycles. The van der Waals surface area contributed by atoms with Gasteiger partial charge in [0.25, 0.3) is 5.91 Å². The van der Waals surface area contributed by atoms with Crippen LogP contribution in [0.1, 0.15) is 28.8 Å². The van der Waals surface area contributed by atoms with E-state index in [-0.39, 0.29) is 5.91 Å². The lowest BCUT2D eigenvalue weighted by Gasteiger charge is -2.40. The van der Waals surface area contributed by atoms with E-state index in [0.717, 1.165) is 63.2 Å². The Bertz CT molecular complexity index is 489. The highest BCUT2D eigenvalue weighted by molar-refractivity contribution is 5.95. The normalized spacial score (nSPS) is 21.5. The van der Waals surface area contributed by atoms with Crippen LogP contribution in [-0.2, 0) is 0 Å². The van der Waals surface area contributed by atoms with Crippen LogP contribution in [0.15, 0.2) is 24.3 Å². The molecule has 2 heterocycles. The van der Waals surface area contributed by atoms with Crippen molar-refractivity contribution in [2.24, 2.45) is 0 Å². The molecule has 0 aromatic heterocycles. The van der Waals surface area contributed by atoms with E-state index in [2.05, 4.69) is 10.2 Å². The minimum Gasteiger partial charge on any atom is -0.339 e. The van der Waals surface area contributed by atoms with Gasteiger partial charge in [-0.3, -0.25) is 9.69 Å². The summed E-state index contributed by atoms with van der Waals surface area (Å²) >= 11 is 0. The second-order valence-corrected chi connectivity index (χ2v) is 6.12. The van der Waals surface area contributed by atoms with E-state index in [1.807, 2.05) is 36.1 Å². The molecule has 0 aliphatic carbocycles. The third-order valence-corrected chi connectivity index (χ3v) is 4.80. The van der Waals surface area contributed by atoms with E-state index in [1.165, 1.54) is 0 Å². The first-order valence-corrected chi connectivity index (χ1v) is 8.05. The van der Waals surface area contributed by atoms with E-state index in [0.29, 0.717) is 6.04 Å². The van der Waals surface area contributed by atoms with Gasteiger partial charge in [0.1, 0.15) is 0 Å². The molecule has 0 spiro atoms. The number of piperazine rings is 1. The first kappa shape index (κ1) is 14.5. The fourth-order valence-corrected chi connectivity index (χ4v) is 3.46. The fraction of sp³-hybridized carbons (Fsp3) is 0.588. The third-order valence-electron chi connectivity index (χ3n) is 4.80. The van der Waals surface area contributed by atoms with E-state index < -0.39 is 0 Å². The molecule has 0 atom stereocenters. The molecule has 1 amide bonds. The lowest BCUT2D eigenvalue weighted by Crippen LogP contribution is -2.52. The van der Waals surface area contributed by atoms with Crippen molar-refractivity contribution >= 4 is 5.91 Å². The number of amides is 1. The standard InChI is InChI=1S/C17H25N3O/c1-14-4-2-3-5-16(14)17(21)20-10-6-15(7-11-20)19-12-8-18-9-13-19/h2-5,15,18H,6-13H2,1H3. The summed E-state index contributed by atoms with van der Waals surface area (Å²) in [7, 11) is 0. The van der Waals surface area contributed by atoms with Crippen LogP contribution in [0.25, 0.3) is 0 Å². The summed E-state index contributed by atoms with van der Waals surface area (Å²) in [6.45, 7) is 8.29. The van der Waals surface area contributed by atoms with Gasteiger partial charge in [-0.1, -0.05) is 18.2 Å². The number of nitrogens with zero attached hydrogens (tertiary/aromatic N) is 2. The zero-order chi connectivity index (χ0) is 14.7. The number of hydrogen-bond acceptors (Lipinski definition) is 3. The van der Waals surface area contributed by atoms with Crippen molar-refractivity contribution in [3.05, 3.63) is 35.4 Å². The maximum atomic E-state index is 12.6. The number of piperidine rings is 1. The molecule has 3 rings (SSSR count). The van der Waals surface area contributed by atoms with Crippen LogP contribution in [-0.4, -0.2) is 61.0 Å². The zero-order valence-corrected chi connectivity index (χ0v) is 12.8. The van der Waals surface area contributed by atoms with Crippen LogP contribution in [0.4, 0.5) is 0 Å². The number of rotatable bonds is 2. The minimum atomic E-state index is 0.201. The Kier molecular flexibility index (Phi) is 4.56. The minimum absolute atomic E-state index is 0.201. The van der Waals surface area contributed by atoms with Crippen molar-refractivity contribution in [1.82, 2.24) is 15.1 Å². The van der Waals surface area contributed by atoms with Crippen molar-refractivity contribution in [3.63, 3.8) is 0 Å². The number of nitrogens with one attached hydrogen (secondary N) is 1. The van der Waals surface area contributed by atoms with Gasteiger partial charge in [0, 0.05) is 50.9 Å². The molecule has 0 bridgehead atoms. The number of carbonyl (C=O) groups excluding carboxylic acids is 1. The van der Waals surface area contributed by atoms with Crippen LogP contribution < -0.4 is 5.32 Å². The maximum Gasteiger partial charge on any atom is 0.254 e. The molecular weight excluding hydrogens is 262 g/mol. The van der Waals surface area contributed by atoms with Crippen LogP contribution in [0.3, 0.4) is 0 Å². The molecule has 4 nitrogen and oxygen atoms in total. The molecule has 0 unspecified atom stereocenters. The molecule has 2 aliphatic rings. The predicted octanol–water partition coefficient (Wildman–Crippen LogP) is 1.50. The first-order chi connectivity index (χ1) is 10.3. The highest BCUT2D eigenvalue weighted by atomic mass is 16.2. The van der Waals surface area contributed by atoms with Gasteiger partial charge in [0.15, 0.2) is 0 Å². The Hall–Kier alpha value is -1.39. The monoisotopic (exact) mass is 287 g/mol. The number of carbonyl (C=O) groups is 1. The SMILES string of the molecule is Cc1ccccc1C(=O)N1CCC(N2CCNCC2)CC1. The van der Waals surface area contributed by atoms with Gasteiger partial charge in [-0.25, -0.2) is 0 Å². The van der Waals surface area contributed by atoms with Crippen LogP contribution >= 0.6 is 0 Å². The fourth-order valence-electron chi connectivity index (χ4n) is 3.46. The summed E-state index contributed by atoms with van der Waals surface area (Å²) in [5.74, 6) is 0.201. The molecule has 21 heavy (non-hydrogen) atoms. The Morgan fingerprint density at radius 2 is 1.76 bits per heavy atom. The molecule has 1 aromatic carbocycles. The van der Waals surface area contributed by atoms with Gasteiger partial charge in [-0.15, -0.1) is 0 Å². The highest BCUT2D eigenvalue weighted by Gasteiger charge is 2.28. The summed E-state index contributed by atoms with van der Waals surface area (Å²) in [5.41, 5.74) is 1.94. The predicted molar refractivity (Wildman–Crippen MR) is 84.5 cm³/mol. The smallest absolute Gasteiger partial charge is 0.254 e. The van der Waals surface area contributed by atoms with E-state index in [9.17, 15) is 4.79 Å². The lowest BCUT2D eigenvalue weighted by molar-refractivity contribution is 0.0600. The van der Waals surface area contributed by atoms with Gasteiger partial charge in [-0.2, -0.15) is 0 Å². The number of likely N-dealkylation sites (tertiary alicyclic amines) is 1.